The van der Waals surface area contributed by atoms with Crippen LogP contribution in [0.1, 0.15) is 39.7 Å². The van der Waals surface area contributed by atoms with Gasteiger partial charge in [-0.1, -0.05) is 119 Å². The van der Waals surface area contributed by atoms with Crippen LogP contribution in [-0.4, -0.2) is 35.0 Å². The largest absolute Gasteiger partial charge is 0.457 e. The highest BCUT2D eigenvalue weighted by molar-refractivity contribution is 6.15. The molecule has 1 unspecified atom stereocenters. The second kappa shape index (κ2) is 15.8. The zero-order valence-corrected chi connectivity index (χ0v) is 33.0. The third-order valence-electron chi connectivity index (χ3n) is 10.2. The summed E-state index contributed by atoms with van der Waals surface area (Å²) in [5, 5.41) is 3.01. The van der Waals surface area contributed by atoms with E-state index in [1.54, 1.807) is 13.2 Å². The fraction of sp³-hybridized carbons (Fsp3) is 0.163. The number of nitrogens with zero attached hydrogens (tertiary/aromatic N) is 5. The molecule has 8 heteroatoms. The van der Waals surface area contributed by atoms with Crippen molar-refractivity contribution in [2.24, 2.45) is 10.9 Å². The second-order valence-corrected chi connectivity index (χ2v) is 13.6. The highest BCUT2D eigenvalue weighted by Crippen LogP contribution is 2.60. The summed E-state index contributed by atoms with van der Waals surface area (Å²) in [4.78, 5) is 17.0. The van der Waals surface area contributed by atoms with Crippen LogP contribution >= 0.6 is 0 Å². The predicted octanol–water partition coefficient (Wildman–Crippen LogP) is 12.7. The Labute approximate surface area is 333 Å². The van der Waals surface area contributed by atoms with E-state index in [0.717, 1.165) is 103 Å². The molecule has 8 nitrogen and oxygen atoms in total. The average molecular weight is 752 g/mol. The molecule has 1 aliphatic carbocycles. The fourth-order valence-electron chi connectivity index (χ4n) is 7.69. The van der Waals surface area contributed by atoms with Crippen LogP contribution in [0.3, 0.4) is 0 Å². The molecule has 1 atom stereocenters. The Kier molecular flexibility index (Phi) is 10.3. The molecule has 0 saturated carbocycles. The van der Waals surface area contributed by atoms with E-state index in [9.17, 15) is 0 Å². The van der Waals surface area contributed by atoms with Gasteiger partial charge in [-0.15, -0.1) is 0 Å². The maximum Gasteiger partial charge on any atom is 0.235 e. The molecule has 3 aliphatic rings. The molecule has 10 rings (SSSR count). The number of hydrogen-bond acceptors (Lipinski definition) is 7. The molecule has 0 N–H and O–H groups in total. The summed E-state index contributed by atoms with van der Waals surface area (Å²) in [7, 11) is 1.71. The number of allylic oxidation sites excluding steroid dienone is 4. The van der Waals surface area contributed by atoms with E-state index >= 15 is 0 Å². The number of fused-ring (bicyclic) bond motifs is 8. The van der Waals surface area contributed by atoms with Crippen molar-refractivity contribution in [2.45, 2.75) is 34.1 Å². The Balaban J connectivity index is 0.000000606. The van der Waals surface area contributed by atoms with E-state index in [-0.39, 0.29) is 5.92 Å². The van der Waals surface area contributed by atoms with Crippen LogP contribution in [0, 0.1) is 5.92 Å². The molecule has 0 fully saturated rings. The summed E-state index contributed by atoms with van der Waals surface area (Å²) in [6.45, 7) is 16.7. The second-order valence-electron chi connectivity index (χ2n) is 13.6. The zero-order chi connectivity index (χ0) is 39.6. The van der Waals surface area contributed by atoms with Crippen LogP contribution < -0.4 is 14.4 Å². The lowest BCUT2D eigenvalue weighted by atomic mass is 10.0. The van der Waals surface area contributed by atoms with E-state index in [1.165, 1.54) is 0 Å². The molecule has 5 aromatic carbocycles. The van der Waals surface area contributed by atoms with Gasteiger partial charge in [0, 0.05) is 46.9 Å². The van der Waals surface area contributed by atoms with Crippen LogP contribution in [0.2, 0.25) is 0 Å². The molecule has 0 spiro atoms. The highest BCUT2D eigenvalue weighted by Gasteiger charge is 2.40. The normalized spacial score (nSPS) is 14.8. The van der Waals surface area contributed by atoms with Crippen LogP contribution in [0.4, 0.5) is 11.4 Å². The van der Waals surface area contributed by atoms with Crippen molar-refractivity contribution in [2.75, 3.05) is 18.6 Å². The highest BCUT2D eigenvalue weighted by atomic mass is 16.5. The summed E-state index contributed by atoms with van der Waals surface area (Å²) >= 11 is 0. The van der Waals surface area contributed by atoms with Crippen molar-refractivity contribution in [3.05, 3.63) is 151 Å². The molecule has 0 saturated heterocycles. The summed E-state index contributed by atoms with van der Waals surface area (Å²) in [6.07, 6.45) is 9.02. The van der Waals surface area contributed by atoms with Crippen molar-refractivity contribution in [3.63, 3.8) is 0 Å². The molecule has 0 bridgehead atoms. The number of benzene rings is 5. The molecular formula is C49H45N5O3. The molecule has 0 radical (unpaired) electrons. The van der Waals surface area contributed by atoms with Crippen molar-refractivity contribution < 1.29 is 14.2 Å². The van der Waals surface area contributed by atoms with Crippen molar-refractivity contribution in [1.82, 2.24) is 14.5 Å². The van der Waals surface area contributed by atoms with Gasteiger partial charge in [0.2, 0.25) is 5.95 Å². The lowest BCUT2D eigenvalue weighted by molar-refractivity contribution is 0.199. The van der Waals surface area contributed by atoms with Gasteiger partial charge in [0.15, 0.2) is 17.2 Å². The van der Waals surface area contributed by atoms with Crippen molar-refractivity contribution >= 4 is 56.5 Å². The van der Waals surface area contributed by atoms with Crippen LogP contribution in [0.5, 0.6) is 17.2 Å². The van der Waals surface area contributed by atoms with E-state index in [4.69, 9.17) is 24.2 Å². The van der Waals surface area contributed by atoms with Crippen molar-refractivity contribution in [1.29, 1.82) is 0 Å². The van der Waals surface area contributed by atoms with Gasteiger partial charge in [-0.3, -0.25) is 14.5 Å². The summed E-state index contributed by atoms with van der Waals surface area (Å²) in [6, 6.07) is 35.0. The predicted molar refractivity (Wildman–Crippen MR) is 235 cm³/mol. The van der Waals surface area contributed by atoms with Gasteiger partial charge in [-0.05, 0) is 55.6 Å². The Morgan fingerprint density at radius 2 is 1.61 bits per heavy atom. The first-order valence-electron chi connectivity index (χ1n) is 19.5. The lowest BCUT2D eigenvalue weighted by Crippen LogP contribution is -2.26. The molecule has 4 heterocycles. The minimum Gasteiger partial charge on any atom is -0.457 e. The molecule has 7 aromatic rings. The van der Waals surface area contributed by atoms with E-state index in [2.05, 4.69) is 102 Å². The third-order valence-corrected chi connectivity index (χ3v) is 10.2. The monoisotopic (exact) mass is 751 g/mol. The number of aliphatic imine (C=N–C) groups is 1. The smallest absolute Gasteiger partial charge is 0.235 e. The Morgan fingerprint density at radius 3 is 2.35 bits per heavy atom. The fourth-order valence-corrected chi connectivity index (χ4v) is 7.69. The van der Waals surface area contributed by atoms with Gasteiger partial charge >= 0.3 is 0 Å². The molecular weight excluding hydrogens is 707 g/mol. The number of rotatable bonds is 7. The van der Waals surface area contributed by atoms with E-state index in [1.807, 2.05) is 74.5 Å². The first kappa shape index (κ1) is 37.2. The molecule has 2 aliphatic heterocycles. The maximum atomic E-state index is 6.90. The number of ether oxygens (including phenoxy) is 3. The number of para-hydroxylation sites is 4. The van der Waals surface area contributed by atoms with Crippen LogP contribution in [0.25, 0.3) is 55.6 Å². The quantitative estimate of drug-likeness (QED) is 0.119. The standard InChI is InChI=1S/C43H29N5O2.C4H10O.C2H6/c1-4-11-31(44-3)26-19-21-27(22-20-26)38-29-13-5-7-14-32(29)45-43(46-38)48-33-15-8-6-12-28(33)30-24-37-40-42(39(30)48)49-36-17-10-9-16-34(36)47(40)35-23-18-25(2)41(35)50-37;1-3-4-5-2;1-2/h4-25H,1,3H2,2H3;3-4H2,1-2H3;1-2H3/b31-11-;;. The molecule has 0 amide bonds. The number of hydrogen-bond donors (Lipinski definition) is 0. The van der Waals surface area contributed by atoms with Gasteiger partial charge in [-0.25, -0.2) is 9.97 Å². The minimum atomic E-state index is 0.157. The third kappa shape index (κ3) is 6.28. The zero-order valence-electron chi connectivity index (χ0n) is 33.0. The van der Waals surface area contributed by atoms with Crippen LogP contribution in [0.15, 0.2) is 150 Å². The molecule has 284 valence electrons. The van der Waals surface area contributed by atoms with Gasteiger partial charge < -0.3 is 14.2 Å². The van der Waals surface area contributed by atoms with Gasteiger partial charge in [0.1, 0.15) is 17.0 Å². The first-order valence-corrected chi connectivity index (χ1v) is 19.5. The maximum absolute atomic E-state index is 6.90. The SMILES string of the molecule is C=C/C=C(\N=C)c1ccc(-c2nc(-n3c4ccccc4c4cc5c6c(c43)Oc3ccccc3N6C3=C(O5)C(C)C=C3)nc3ccccc23)cc1.CC.CCCOC. The summed E-state index contributed by atoms with van der Waals surface area (Å²) in [5.41, 5.74) is 9.04. The van der Waals surface area contributed by atoms with E-state index < -0.39 is 0 Å². The van der Waals surface area contributed by atoms with E-state index in [0.29, 0.717) is 11.7 Å². The Morgan fingerprint density at radius 1 is 0.877 bits per heavy atom. The Hall–Kier alpha value is -6.77. The summed E-state index contributed by atoms with van der Waals surface area (Å²) in [5.74, 6) is 3.88. The Bertz CT molecular complexity index is 2770. The number of aromatic nitrogens is 3. The lowest BCUT2D eigenvalue weighted by Gasteiger charge is -2.38. The number of methoxy groups -OCH3 is 1. The summed E-state index contributed by atoms with van der Waals surface area (Å²) < 4.78 is 20.5. The minimum absolute atomic E-state index is 0.157. The van der Waals surface area contributed by atoms with Gasteiger partial charge in [-0.2, -0.15) is 0 Å². The molecule has 2 aromatic heterocycles. The van der Waals surface area contributed by atoms with Crippen LogP contribution in [-0.2, 0) is 4.74 Å². The topological polar surface area (TPSA) is 74.0 Å². The average Bonchev–Trinajstić information content (AvgIpc) is 3.80. The number of anilines is 2. The van der Waals surface area contributed by atoms with Gasteiger partial charge in [0.25, 0.3) is 0 Å². The first-order chi connectivity index (χ1) is 28.0. The van der Waals surface area contributed by atoms with Crippen molar-refractivity contribution in [3.8, 4) is 34.5 Å². The molecule has 57 heavy (non-hydrogen) atoms. The van der Waals surface area contributed by atoms with Gasteiger partial charge in [0.05, 0.1) is 33.8 Å².